The first-order valence-corrected chi connectivity index (χ1v) is 7.89. The summed E-state index contributed by atoms with van der Waals surface area (Å²) < 4.78 is 42.0. The van der Waals surface area contributed by atoms with E-state index in [4.69, 9.17) is 23.2 Å². The summed E-state index contributed by atoms with van der Waals surface area (Å²) in [5.74, 6) is -0.106. The van der Waals surface area contributed by atoms with Gasteiger partial charge in [0.05, 0.1) is 16.6 Å². The summed E-state index contributed by atoms with van der Waals surface area (Å²) in [6.45, 7) is 0.248. The number of phenols is 1. The van der Waals surface area contributed by atoms with Gasteiger partial charge in [-0.05, 0) is 29.8 Å². The van der Waals surface area contributed by atoms with Crippen LogP contribution in [0.15, 0.2) is 42.7 Å². The van der Waals surface area contributed by atoms with Gasteiger partial charge in [-0.25, -0.2) is 9.67 Å². The second-order valence-electron chi connectivity index (χ2n) is 5.22. The number of alkyl halides is 3. The van der Waals surface area contributed by atoms with Gasteiger partial charge in [0.15, 0.2) is 11.6 Å². The van der Waals surface area contributed by atoms with Crippen molar-refractivity contribution >= 4 is 23.2 Å². The molecule has 1 aromatic heterocycles. The fourth-order valence-electron chi connectivity index (χ4n) is 2.27. The summed E-state index contributed by atoms with van der Waals surface area (Å²) in [5.41, 5.74) is 1.22. The minimum absolute atomic E-state index is 0.0655. The largest absolute Gasteiger partial charge is 0.573 e. The van der Waals surface area contributed by atoms with Gasteiger partial charge in [-0.15, -0.1) is 13.2 Å². The van der Waals surface area contributed by atoms with Gasteiger partial charge in [-0.1, -0.05) is 35.3 Å². The van der Waals surface area contributed by atoms with Gasteiger partial charge < -0.3 is 9.84 Å². The third-order valence-corrected chi connectivity index (χ3v) is 3.96. The maximum Gasteiger partial charge on any atom is 0.573 e. The van der Waals surface area contributed by atoms with Gasteiger partial charge in [-0.3, -0.25) is 0 Å². The highest BCUT2D eigenvalue weighted by molar-refractivity contribution is 6.37. The Morgan fingerprint density at radius 2 is 1.69 bits per heavy atom. The summed E-state index contributed by atoms with van der Waals surface area (Å²) in [4.78, 5) is 4.14. The molecule has 0 spiro atoms. The van der Waals surface area contributed by atoms with Crippen molar-refractivity contribution in [2.24, 2.45) is 0 Å². The number of phenolic OH excluding ortho intramolecular Hbond substituents is 1. The summed E-state index contributed by atoms with van der Waals surface area (Å²) in [5, 5.41) is 13.9. The third kappa shape index (κ3) is 4.20. The van der Waals surface area contributed by atoms with E-state index in [0.29, 0.717) is 17.0 Å². The van der Waals surface area contributed by atoms with E-state index in [0.717, 1.165) is 0 Å². The van der Waals surface area contributed by atoms with Crippen molar-refractivity contribution in [3.63, 3.8) is 0 Å². The van der Waals surface area contributed by atoms with Crippen LogP contribution in [0.1, 0.15) is 5.56 Å². The molecule has 10 heteroatoms. The van der Waals surface area contributed by atoms with E-state index in [1.165, 1.54) is 47.4 Å². The lowest BCUT2D eigenvalue weighted by atomic mass is 10.2. The summed E-state index contributed by atoms with van der Waals surface area (Å²) in [6, 6.07) is 8.39. The maximum absolute atomic E-state index is 12.2. The third-order valence-electron chi connectivity index (χ3n) is 3.38. The molecule has 0 aliphatic rings. The molecular weight excluding hydrogens is 394 g/mol. The van der Waals surface area contributed by atoms with E-state index in [1.807, 2.05) is 0 Å². The molecule has 0 fully saturated rings. The Kier molecular flexibility index (Phi) is 4.97. The monoisotopic (exact) mass is 403 g/mol. The second kappa shape index (κ2) is 7.05. The minimum Gasteiger partial charge on any atom is -0.505 e. The highest BCUT2D eigenvalue weighted by Crippen LogP contribution is 2.35. The highest BCUT2D eigenvalue weighted by Gasteiger charge is 2.30. The first-order chi connectivity index (χ1) is 12.2. The molecule has 5 nitrogen and oxygen atoms in total. The van der Waals surface area contributed by atoms with E-state index in [2.05, 4.69) is 14.8 Å². The van der Waals surface area contributed by atoms with Crippen molar-refractivity contribution in [1.29, 1.82) is 0 Å². The van der Waals surface area contributed by atoms with E-state index in [-0.39, 0.29) is 28.1 Å². The van der Waals surface area contributed by atoms with Gasteiger partial charge in [0.25, 0.3) is 0 Å². The van der Waals surface area contributed by atoms with Crippen LogP contribution in [0.3, 0.4) is 0 Å². The Balaban J connectivity index is 1.84. The lowest BCUT2D eigenvalue weighted by molar-refractivity contribution is -0.274. The minimum atomic E-state index is -4.74. The van der Waals surface area contributed by atoms with Crippen LogP contribution in [0, 0.1) is 0 Å². The zero-order valence-corrected chi connectivity index (χ0v) is 14.3. The van der Waals surface area contributed by atoms with E-state index in [9.17, 15) is 18.3 Å². The maximum atomic E-state index is 12.2. The van der Waals surface area contributed by atoms with Gasteiger partial charge in [0.1, 0.15) is 12.1 Å². The van der Waals surface area contributed by atoms with E-state index >= 15 is 0 Å². The van der Waals surface area contributed by atoms with Crippen LogP contribution in [0.25, 0.3) is 11.4 Å². The Hall–Kier alpha value is -2.45. The molecule has 136 valence electrons. The van der Waals surface area contributed by atoms with Gasteiger partial charge >= 0.3 is 6.36 Å². The molecule has 1 N–H and O–H groups in total. The van der Waals surface area contributed by atoms with Crippen molar-refractivity contribution in [1.82, 2.24) is 14.8 Å². The zero-order valence-electron chi connectivity index (χ0n) is 12.8. The number of aromatic hydroxyl groups is 1. The van der Waals surface area contributed by atoms with Gasteiger partial charge in [0.2, 0.25) is 0 Å². The van der Waals surface area contributed by atoms with Crippen LogP contribution in [-0.2, 0) is 6.54 Å². The number of halogens is 5. The van der Waals surface area contributed by atoms with E-state index < -0.39 is 6.36 Å². The molecule has 0 aliphatic heterocycles. The molecule has 0 aliphatic carbocycles. The summed E-state index contributed by atoms with van der Waals surface area (Å²) >= 11 is 11.8. The predicted octanol–water partition coefficient (Wildman–Crippen LogP) is 4.90. The Labute approximate surface area is 155 Å². The molecule has 2 aromatic carbocycles. The molecule has 0 saturated heterocycles. The van der Waals surface area contributed by atoms with E-state index in [1.54, 1.807) is 0 Å². The predicted molar refractivity (Wildman–Crippen MR) is 89.4 cm³/mol. The van der Waals surface area contributed by atoms with Crippen LogP contribution in [0.2, 0.25) is 10.0 Å². The summed E-state index contributed by atoms with van der Waals surface area (Å²) in [6.07, 6.45) is -3.41. The zero-order chi connectivity index (χ0) is 18.9. The topological polar surface area (TPSA) is 60.2 Å². The molecule has 0 bridgehead atoms. The summed E-state index contributed by atoms with van der Waals surface area (Å²) in [7, 11) is 0. The molecule has 0 amide bonds. The number of ether oxygens (including phenoxy) is 1. The van der Waals surface area contributed by atoms with Crippen LogP contribution < -0.4 is 4.74 Å². The number of aromatic nitrogens is 3. The Morgan fingerprint density at radius 1 is 1.08 bits per heavy atom. The fraction of sp³-hybridized carbons (Fsp3) is 0.125. The Bertz CT molecular complexity index is 904. The SMILES string of the molecule is Oc1c(Cl)cc(-c2ncnn2Cc2ccc(OC(F)(F)F)cc2)cc1Cl. The molecule has 0 atom stereocenters. The van der Waals surface area contributed by atoms with Crippen molar-refractivity contribution in [3.05, 3.63) is 58.3 Å². The number of nitrogens with zero attached hydrogens (tertiary/aromatic N) is 3. The molecule has 26 heavy (non-hydrogen) atoms. The molecule has 3 rings (SSSR count). The number of hydrogen-bond donors (Lipinski definition) is 1. The average molecular weight is 404 g/mol. The van der Waals surface area contributed by atoms with Crippen molar-refractivity contribution in [3.8, 4) is 22.9 Å². The van der Waals surface area contributed by atoms with Crippen LogP contribution in [0.5, 0.6) is 11.5 Å². The number of hydrogen-bond acceptors (Lipinski definition) is 4. The smallest absolute Gasteiger partial charge is 0.505 e. The fourth-order valence-corrected chi connectivity index (χ4v) is 2.75. The van der Waals surface area contributed by atoms with Crippen molar-refractivity contribution in [2.45, 2.75) is 12.9 Å². The molecule has 1 heterocycles. The quantitative estimate of drug-likeness (QED) is 0.672. The van der Waals surface area contributed by atoms with Crippen LogP contribution in [0.4, 0.5) is 13.2 Å². The molecule has 0 radical (unpaired) electrons. The molecule has 0 saturated carbocycles. The Morgan fingerprint density at radius 3 is 2.27 bits per heavy atom. The first kappa shape index (κ1) is 18.3. The van der Waals surface area contributed by atoms with Crippen molar-refractivity contribution in [2.75, 3.05) is 0 Å². The average Bonchev–Trinajstić information content (AvgIpc) is 3.01. The highest BCUT2D eigenvalue weighted by atomic mass is 35.5. The van der Waals surface area contributed by atoms with Gasteiger partial charge in [0, 0.05) is 5.56 Å². The van der Waals surface area contributed by atoms with Crippen molar-refractivity contribution < 1.29 is 23.0 Å². The van der Waals surface area contributed by atoms with Gasteiger partial charge in [-0.2, -0.15) is 5.10 Å². The molecule has 0 unspecified atom stereocenters. The lowest BCUT2D eigenvalue weighted by Crippen LogP contribution is -2.17. The van der Waals surface area contributed by atoms with Crippen LogP contribution in [-0.4, -0.2) is 26.2 Å². The molecular formula is C16H10Cl2F3N3O2. The molecule has 3 aromatic rings. The normalized spacial score (nSPS) is 11.6. The lowest BCUT2D eigenvalue weighted by Gasteiger charge is -2.10. The van der Waals surface area contributed by atoms with Crippen LogP contribution >= 0.6 is 23.2 Å². The standard InChI is InChI=1S/C16H10Cl2F3N3O2/c17-12-5-10(6-13(18)14(12)25)15-22-8-23-24(15)7-9-1-3-11(4-2-9)26-16(19,20)21/h1-6,8,25H,7H2. The second-order valence-corrected chi connectivity index (χ2v) is 6.04. The number of rotatable bonds is 4. The number of benzene rings is 2. The first-order valence-electron chi connectivity index (χ1n) is 7.14.